The van der Waals surface area contributed by atoms with Crippen LogP contribution in [-0.4, -0.2) is 51.3 Å². The van der Waals surface area contributed by atoms with Crippen LogP contribution in [0, 0.1) is 0 Å². The molecular weight excluding hydrogens is 284 g/mol. The smallest absolute Gasteiger partial charge is 0.251 e. The Morgan fingerprint density at radius 2 is 2.00 bits per heavy atom. The normalized spacial score (nSPS) is 17.2. The van der Waals surface area contributed by atoms with Crippen molar-refractivity contribution in [1.82, 2.24) is 10.6 Å². The van der Waals surface area contributed by atoms with Crippen LogP contribution < -0.4 is 10.6 Å². The summed E-state index contributed by atoms with van der Waals surface area (Å²) in [4.78, 5) is 24.1. The van der Waals surface area contributed by atoms with Gasteiger partial charge in [0.15, 0.2) is 0 Å². The Morgan fingerprint density at radius 3 is 2.64 bits per heavy atom. The maximum absolute atomic E-state index is 12.1. The molecule has 0 spiro atoms. The number of nitrogens with one attached hydrogen (secondary N) is 2. The van der Waals surface area contributed by atoms with Crippen molar-refractivity contribution in [2.24, 2.45) is 0 Å². The van der Waals surface area contributed by atoms with E-state index in [1.54, 1.807) is 31.4 Å². The molecule has 2 N–H and O–H groups in total. The van der Waals surface area contributed by atoms with Crippen LogP contribution in [-0.2, 0) is 9.47 Å². The molecule has 2 amide bonds. The quantitative estimate of drug-likeness (QED) is 0.736. The summed E-state index contributed by atoms with van der Waals surface area (Å²) >= 11 is 0. The molecule has 0 radical (unpaired) electrons. The molecule has 1 atom stereocenters. The largest absolute Gasteiger partial charge is 0.383 e. The minimum absolute atomic E-state index is 0.101. The molecule has 6 nitrogen and oxygen atoms in total. The highest BCUT2D eigenvalue weighted by atomic mass is 16.5. The van der Waals surface area contributed by atoms with Crippen LogP contribution in [0.1, 0.15) is 33.6 Å². The number of hydrogen-bond acceptors (Lipinski definition) is 4. The van der Waals surface area contributed by atoms with Crippen molar-refractivity contribution in [3.05, 3.63) is 35.4 Å². The van der Waals surface area contributed by atoms with Gasteiger partial charge in [0.05, 0.1) is 12.7 Å². The van der Waals surface area contributed by atoms with Gasteiger partial charge >= 0.3 is 0 Å². The lowest BCUT2D eigenvalue weighted by Gasteiger charge is -2.11. The Morgan fingerprint density at radius 1 is 1.27 bits per heavy atom. The number of carbonyl (C=O) groups is 2. The van der Waals surface area contributed by atoms with Gasteiger partial charge < -0.3 is 20.1 Å². The Hall–Kier alpha value is -1.92. The average molecular weight is 306 g/mol. The molecule has 2 rings (SSSR count). The van der Waals surface area contributed by atoms with Gasteiger partial charge in [-0.15, -0.1) is 0 Å². The van der Waals surface area contributed by atoms with E-state index in [2.05, 4.69) is 10.6 Å². The Bertz CT molecular complexity index is 513. The average Bonchev–Trinajstić information content (AvgIpc) is 3.06. The van der Waals surface area contributed by atoms with Crippen LogP contribution in [0.4, 0.5) is 0 Å². The highest BCUT2D eigenvalue weighted by molar-refractivity contribution is 5.99. The number of rotatable bonds is 7. The molecule has 1 saturated heterocycles. The molecule has 0 aliphatic carbocycles. The highest BCUT2D eigenvalue weighted by Gasteiger charge is 2.17. The van der Waals surface area contributed by atoms with Gasteiger partial charge in [0.2, 0.25) is 0 Å². The number of methoxy groups -OCH3 is 1. The first-order chi connectivity index (χ1) is 10.7. The van der Waals surface area contributed by atoms with Crippen molar-refractivity contribution in [1.29, 1.82) is 0 Å². The zero-order valence-electron chi connectivity index (χ0n) is 12.8. The molecule has 6 heteroatoms. The van der Waals surface area contributed by atoms with Crippen LogP contribution in [0.2, 0.25) is 0 Å². The molecule has 1 heterocycles. The van der Waals surface area contributed by atoms with Gasteiger partial charge in [-0.05, 0) is 31.0 Å². The first-order valence-electron chi connectivity index (χ1n) is 7.47. The lowest BCUT2D eigenvalue weighted by Crippen LogP contribution is -2.32. The summed E-state index contributed by atoms with van der Waals surface area (Å²) in [6.45, 7) is 2.15. The van der Waals surface area contributed by atoms with Crippen molar-refractivity contribution in [3.8, 4) is 0 Å². The minimum atomic E-state index is -0.217. The predicted octanol–water partition coefficient (Wildman–Crippen LogP) is 0.972. The van der Waals surface area contributed by atoms with E-state index >= 15 is 0 Å². The van der Waals surface area contributed by atoms with Crippen molar-refractivity contribution < 1.29 is 19.1 Å². The molecule has 1 fully saturated rings. The zero-order valence-corrected chi connectivity index (χ0v) is 12.8. The van der Waals surface area contributed by atoms with E-state index < -0.39 is 0 Å². The molecule has 1 unspecified atom stereocenters. The van der Waals surface area contributed by atoms with Crippen LogP contribution in [0.3, 0.4) is 0 Å². The standard InChI is InChI=1S/C16H22N2O4/c1-21-9-7-17-15(19)12-4-2-5-13(10-12)16(20)18-11-14-6-3-8-22-14/h2,4-5,10,14H,3,6-9,11H2,1H3,(H,17,19)(H,18,20). The van der Waals surface area contributed by atoms with Crippen LogP contribution in [0.25, 0.3) is 0 Å². The summed E-state index contributed by atoms with van der Waals surface area (Å²) < 4.78 is 10.3. The van der Waals surface area contributed by atoms with Gasteiger partial charge in [-0.3, -0.25) is 9.59 Å². The molecule has 22 heavy (non-hydrogen) atoms. The van der Waals surface area contributed by atoms with E-state index in [0.717, 1.165) is 19.4 Å². The zero-order chi connectivity index (χ0) is 15.8. The van der Waals surface area contributed by atoms with Gasteiger partial charge in [0.1, 0.15) is 0 Å². The first-order valence-corrected chi connectivity index (χ1v) is 7.47. The van der Waals surface area contributed by atoms with Crippen molar-refractivity contribution in [2.45, 2.75) is 18.9 Å². The van der Waals surface area contributed by atoms with Gasteiger partial charge in [-0.2, -0.15) is 0 Å². The summed E-state index contributed by atoms with van der Waals surface area (Å²) in [5.41, 5.74) is 0.929. The molecule has 1 aliphatic heterocycles. The van der Waals surface area contributed by atoms with Crippen LogP contribution >= 0.6 is 0 Å². The second-order valence-corrected chi connectivity index (χ2v) is 5.17. The lowest BCUT2D eigenvalue weighted by atomic mass is 10.1. The Labute approximate surface area is 130 Å². The lowest BCUT2D eigenvalue weighted by molar-refractivity contribution is 0.0857. The topological polar surface area (TPSA) is 76.7 Å². The predicted molar refractivity (Wildman–Crippen MR) is 82.0 cm³/mol. The summed E-state index contributed by atoms with van der Waals surface area (Å²) in [5.74, 6) is -0.409. The van der Waals surface area contributed by atoms with E-state index in [1.807, 2.05) is 0 Å². The van der Waals surface area contributed by atoms with Crippen LogP contribution in [0.15, 0.2) is 24.3 Å². The third-order valence-corrected chi connectivity index (χ3v) is 3.49. The molecule has 0 saturated carbocycles. The molecule has 1 aromatic carbocycles. The van der Waals surface area contributed by atoms with E-state index in [9.17, 15) is 9.59 Å². The second kappa shape index (κ2) is 8.51. The van der Waals surface area contributed by atoms with E-state index in [4.69, 9.17) is 9.47 Å². The summed E-state index contributed by atoms with van der Waals surface area (Å²) in [6.07, 6.45) is 2.12. The van der Waals surface area contributed by atoms with E-state index in [0.29, 0.717) is 30.8 Å². The summed E-state index contributed by atoms with van der Waals surface area (Å²) in [6, 6.07) is 6.66. The molecule has 0 bridgehead atoms. The molecular formula is C16H22N2O4. The monoisotopic (exact) mass is 306 g/mol. The van der Waals surface area contributed by atoms with E-state index in [1.165, 1.54) is 0 Å². The summed E-state index contributed by atoms with van der Waals surface area (Å²) in [5, 5.41) is 5.57. The fourth-order valence-electron chi connectivity index (χ4n) is 2.28. The third-order valence-electron chi connectivity index (χ3n) is 3.49. The Balaban J connectivity index is 1.89. The van der Waals surface area contributed by atoms with Crippen LogP contribution in [0.5, 0.6) is 0 Å². The van der Waals surface area contributed by atoms with Crippen molar-refractivity contribution in [2.75, 3.05) is 33.4 Å². The van der Waals surface area contributed by atoms with E-state index in [-0.39, 0.29) is 17.9 Å². The SMILES string of the molecule is COCCNC(=O)c1cccc(C(=O)NCC2CCCO2)c1. The van der Waals surface area contributed by atoms with Crippen molar-refractivity contribution >= 4 is 11.8 Å². The van der Waals surface area contributed by atoms with Crippen molar-refractivity contribution in [3.63, 3.8) is 0 Å². The minimum Gasteiger partial charge on any atom is -0.383 e. The fraction of sp³-hybridized carbons (Fsp3) is 0.500. The van der Waals surface area contributed by atoms with Gasteiger partial charge in [0, 0.05) is 37.9 Å². The third kappa shape index (κ3) is 4.82. The number of benzene rings is 1. The fourth-order valence-corrected chi connectivity index (χ4v) is 2.28. The highest BCUT2D eigenvalue weighted by Crippen LogP contribution is 2.11. The number of carbonyl (C=O) groups excluding carboxylic acids is 2. The number of amides is 2. The van der Waals surface area contributed by atoms with Gasteiger partial charge in [0.25, 0.3) is 11.8 Å². The van der Waals surface area contributed by atoms with Gasteiger partial charge in [-0.25, -0.2) is 0 Å². The first kappa shape index (κ1) is 16.5. The van der Waals surface area contributed by atoms with Gasteiger partial charge in [-0.1, -0.05) is 6.07 Å². The molecule has 0 aromatic heterocycles. The number of hydrogen-bond donors (Lipinski definition) is 2. The summed E-state index contributed by atoms with van der Waals surface area (Å²) in [7, 11) is 1.57. The molecule has 1 aromatic rings. The number of ether oxygens (including phenoxy) is 2. The second-order valence-electron chi connectivity index (χ2n) is 5.17. The Kier molecular flexibility index (Phi) is 6.36. The maximum Gasteiger partial charge on any atom is 0.251 e. The molecule has 1 aliphatic rings. The maximum atomic E-state index is 12.1. The molecule has 120 valence electrons.